The van der Waals surface area contributed by atoms with E-state index in [1.54, 1.807) is 7.11 Å². The Labute approximate surface area is 92.9 Å². The molecule has 0 saturated heterocycles. The first-order chi connectivity index (χ1) is 6.68. The first-order valence-corrected chi connectivity index (χ1v) is 6.16. The van der Waals surface area contributed by atoms with E-state index in [0.717, 1.165) is 10.5 Å². The zero-order valence-corrected chi connectivity index (χ0v) is 12.4. The highest BCUT2D eigenvalue weighted by Crippen LogP contribution is 2.03. The number of nitrogens with zero attached hydrogens (tertiary/aromatic N) is 1. The normalized spacial score (nSPS) is 9.71. The van der Waals surface area contributed by atoms with Gasteiger partial charge in [0.05, 0.1) is 0 Å². The summed E-state index contributed by atoms with van der Waals surface area (Å²) < 4.78 is 4.39. The maximum atomic E-state index is 4.39. The Balaban J connectivity index is 0. The van der Waals surface area contributed by atoms with E-state index in [2.05, 4.69) is 30.0 Å². The molecule has 0 amide bonds. The van der Waals surface area contributed by atoms with Crippen molar-refractivity contribution in [1.82, 2.24) is 4.90 Å². The van der Waals surface area contributed by atoms with Crippen molar-refractivity contribution >= 4 is 10.5 Å². The van der Waals surface area contributed by atoms with Gasteiger partial charge >= 0.3 is 0 Å². The van der Waals surface area contributed by atoms with Gasteiger partial charge in [-0.05, 0) is 39.9 Å². The molecule has 0 atom stereocenters. The zero-order chi connectivity index (χ0) is 11.2. The molecule has 0 aromatic rings. The van der Waals surface area contributed by atoms with Gasteiger partial charge in [0.1, 0.15) is 10.5 Å². The lowest BCUT2D eigenvalue weighted by Crippen LogP contribution is -2.12. The quantitative estimate of drug-likeness (QED) is 0.365. The summed E-state index contributed by atoms with van der Waals surface area (Å²) in [6, 6.07) is 0. The highest BCUT2D eigenvalue weighted by atomic mass is 28.2. The van der Waals surface area contributed by atoms with Gasteiger partial charge in [-0.15, -0.1) is 6.58 Å². The third-order valence-electron chi connectivity index (χ3n) is 1.76. The van der Waals surface area contributed by atoms with Crippen molar-refractivity contribution in [3.8, 4) is 0 Å². The molecular weight excluding hydrogens is 190 g/mol. The number of rotatable bonds is 7. The van der Waals surface area contributed by atoms with Gasteiger partial charge in [-0.3, -0.25) is 0 Å². The molecular formula is C11H27NOSi. The van der Waals surface area contributed by atoms with Crippen molar-refractivity contribution in [3.63, 3.8) is 0 Å². The van der Waals surface area contributed by atoms with Crippen LogP contribution in [0.25, 0.3) is 0 Å². The molecule has 0 unspecified atom stereocenters. The van der Waals surface area contributed by atoms with E-state index in [9.17, 15) is 0 Å². The molecule has 2 nitrogen and oxygen atoms in total. The van der Waals surface area contributed by atoms with E-state index < -0.39 is 0 Å². The lowest BCUT2D eigenvalue weighted by Gasteiger charge is -2.07. The largest absolute Gasteiger partial charge is 0.431 e. The van der Waals surface area contributed by atoms with E-state index in [0.29, 0.717) is 0 Å². The van der Waals surface area contributed by atoms with E-state index in [1.165, 1.54) is 38.6 Å². The topological polar surface area (TPSA) is 12.5 Å². The predicted molar refractivity (Wildman–Crippen MR) is 68.8 cm³/mol. The number of hydrogen-bond donors (Lipinski definition) is 0. The summed E-state index contributed by atoms with van der Waals surface area (Å²) in [5, 5.41) is 0. The van der Waals surface area contributed by atoms with Gasteiger partial charge in [0.2, 0.25) is 0 Å². The van der Waals surface area contributed by atoms with Gasteiger partial charge < -0.3 is 9.33 Å². The van der Waals surface area contributed by atoms with Crippen LogP contribution >= 0.6 is 0 Å². The molecule has 0 aliphatic heterocycles. The maximum absolute atomic E-state index is 4.39. The van der Waals surface area contributed by atoms with Crippen LogP contribution in [-0.4, -0.2) is 43.1 Å². The molecule has 0 saturated carbocycles. The van der Waals surface area contributed by atoms with Crippen LogP contribution in [0.4, 0.5) is 0 Å². The lowest BCUT2D eigenvalue weighted by molar-refractivity contribution is 0.390. The fourth-order valence-corrected chi connectivity index (χ4v) is 1.07. The predicted octanol–water partition coefficient (Wildman–Crippen LogP) is 1.60. The molecule has 0 aromatic heterocycles. The van der Waals surface area contributed by atoms with Crippen LogP contribution in [-0.2, 0) is 4.43 Å². The van der Waals surface area contributed by atoms with Crippen molar-refractivity contribution in [1.29, 1.82) is 0 Å². The van der Waals surface area contributed by atoms with Crippen molar-refractivity contribution in [2.45, 2.75) is 32.1 Å². The fourth-order valence-electron chi connectivity index (χ4n) is 1.07. The first-order valence-electron chi connectivity index (χ1n) is 5.34. The average molecular weight is 217 g/mol. The van der Waals surface area contributed by atoms with Gasteiger partial charge in [0.25, 0.3) is 0 Å². The molecule has 0 spiro atoms. The molecule has 0 radical (unpaired) electrons. The summed E-state index contributed by atoms with van der Waals surface area (Å²) in [5.41, 5.74) is 0. The molecule has 0 heterocycles. The average Bonchev–Trinajstić information content (AvgIpc) is 2.12. The van der Waals surface area contributed by atoms with Crippen molar-refractivity contribution < 1.29 is 4.43 Å². The second-order valence-corrected chi connectivity index (χ2v) is 4.52. The summed E-state index contributed by atoms with van der Waals surface area (Å²) in [6.07, 6.45) is 8.57. The van der Waals surface area contributed by atoms with Crippen LogP contribution in [0.1, 0.15) is 32.1 Å². The van der Waals surface area contributed by atoms with Crippen LogP contribution in [0.15, 0.2) is 12.7 Å². The van der Waals surface area contributed by atoms with Crippen LogP contribution in [0.2, 0.25) is 0 Å². The molecule has 0 rings (SSSR count). The monoisotopic (exact) mass is 217 g/mol. The number of hydrogen-bond acceptors (Lipinski definition) is 2. The smallest absolute Gasteiger partial charge is 0.145 e. The number of unbranched alkanes of at least 4 members (excludes halogenated alkanes) is 4. The van der Waals surface area contributed by atoms with Crippen LogP contribution in [0.3, 0.4) is 0 Å². The highest BCUT2D eigenvalue weighted by Gasteiger charge is 1.90. The Morgan fingerprint density at radius 2 is 1.71 bits per heavy atom. The molecule has 14 heavy (non-hydrogen) atoms. The van der Waals surface area contributed by atoms with E-state index >= 15 is 0 Å². The van der Waals surface area contributed by atoms with Gasteiger partial charge in [-0.25, -0.2) is 0 Å². The van der Waals surface area contributed by atoms with Gasteiger partial charge in [0, 0.05) is 7.11 Å². The van der Waals surface area contributed by atoms with E-state index in [-0.39, 0.29) is 0 Å². The van der Waals surface area contributed by atoms with Gasteiger partial charge in [-0.1, -0.05) is 18.9 Å². The summed E-state index contributed by atoms with van der Waals surface area (Å²) in [7, 11) is 6.81. The van der Waals surface area contributed by atoms with Gasteiger partial charge in [0.15, 0.2) is 0 Å². The highest BCUT2D eigenvalue weighted by molar-refractivity contribution is 5.97. The second-order valence-electron chi connectivity index (χ2n) is 3.70. The minimum atomic E-state index is 0.869. The summed E-state index contributed by atoms with van der Waals surface area (Å²) >= 11 is 0. The fraction of sp³-hybridized carbons (Fsp3) is 0.818. The van der Waals surface area contributed by atoms with Gasteiger partial charge in [-0.2, -0.15) is 0 Å². The minimum absolute atomic E-state index is 0.869. The molecule has 0 fully saturated rings. The van der Waals surface area contributed by atoms with E-state index in [4.69, 9.17) is 0 Å². The Morgan fingerprint density at radius 1 is 1.21 bits per heavy atom. The maximum Gasteiger partial charge on any atom is 0.145 e. The van der Waals surface area contributed by atoms with Crippen molar-refractivity contribution in [2.24, 2.45) is 0 Å². The van der Waals surface area contributed by atoms with Crippen molar-refractivity contribution in [2.75, 3.05) is 27.7 Å². The molecule has 86 valence electrons. The third kappa shape index (κ3) is 22.6. The molecule has 0 aliphatic rings. The molecule has 0 bridgehead atoms. The molecule has 0 aromatic carbocycles. The Morgan fingerprint density at radius 3 is 2.14 bits per heavy atom. The summed E-state index contributed by atoms with van der Waals surface area (Å²) in [5.74, 6) is 0. The number of allylic oxidation sites excluding steroid dienone is 1. The Bertz CT molecular complexity index is 107. The van der Waals surface area contributed by atoms with Crippen molar-refractivity contribution in [3.05, 3.63) is 12.7 Å². The summed E-state index contributed by atoms with van der Waals surface area (Å²) in [6.45, 7) is 4.93. The molecule has 3 heteroatoms. The minimum Gasteiger partial charge on any atom is -0.431 e. The Hall–Kier alpha value is -0.123. The molecule has 0 aliphatic carbocycles. The first kappa shape index (κ1) is 16.3. The van der Waals surface area contributed by atoms with Crippen LogP contribution in [0, 0.1) is 0 Å². The zero-order valence-electron chi connectivity index (χ0n) is 10.4. The molecule has 0 N–H and O–H groups in total. The third-order valence-corrected chi connectivity index (χ3v) is 1.76. The Kier molecular flexibility index (Phi) is 17.9. The summed E-state index contributed by atoms with van der Waals surface area (Å²) in [4.78, 5) is 2.24. The van der Waals surface area contributed by atoms with E-state index in [1.807, 2.05) is 6.08 Å². The second kappa shape index (κ2) is 15.4. The van der Waals surface area contributed by atoms with Crippen LogP contribution < -0.4 is 0 Å². The standard InChI is InChI=1S/C10H21N.CH6OSi/c1-4-5-6-7-8-9-10-11(2)3;1-2-3/h4H,1,5-10H2,2-3H3;1,3H3. The SMILES string of the molecule is C=CCCCCCCN(C)C.CO[SiH3]. The van der Waals surface area contributed by atoms with Crippen LogP contribution in [0.5, 0.6) is 0 Å². The lowest BCUT2D eigenvalue weighted by atomic mass is 10.1.